The smallest absolute Gasteiger partial charge is 0.382 e. The van der Waals surface area contributed by atoms with Crippen LogP contribution in [0.2, 0.25) is 0 Å². The van der Waals surface area contributed by atoms with Gasteiger partial charge in [0.25, 0.3) is 0 Å². The lowest BCUT2D eigenvalue weighted by Gasteiger charge is -2.21. The molecule has 2 unspecified atom stereocenters. The Hall–Kier alpha value is -0.300. The Morgan fingerprint density at radius 2 is 2.21 bits per heavy atom. The Kier molecular flexibility index (Phi) is 3.41. The molecule has 0 aliphatic carbocycles. The number of hydrogen-bond donors (Lipinski definition) is 1. The van der Waals surface area contributed by atoms with Gasteiger partial charge in [-0.1, -0.05) is 15.9 Å². The summed E-state index contributed by atoms with van der Waals surface area (Å²) in [4.78, 5) is 11.8. The number of likely N-dealkylation sites (tertiary alicyclic amines) is 1. The van der Waals surface area contributed by atoms with Crippen molar-refractivity contribution in [1.82, 2.24) is 4.90 Å². The van der Waals surface area contributed by atoms with Gasteiger partial charge in [0.15, 0.2) is 6.10 Å². The van der Waals surface area contributed by atoms with Crippen LogP contribution in [0.15, 0.2) is 0 Å². The van der Waals surface area contributed by atoms with Crippen molar-refractivity contribution in [3.8, 4) is 0 Å². The number of nitrogens with zero attached hydrogens (tertiary/aromatic N) is 1. The maximum atomic E-state index is 11.9. The molecule has 0 aromatic carbocycles. The summed E-state index contributed by atoms with van der Waals surface area (Å²) >= 11 is 3.03. The molecule has 1 amide bonds. The summed E-state index contributed by atoms with van der Waals surface area (Å²) in [5, 5.41) is 8.72. The fourth-order valence-electron chi connectivity index (χ4n) is 1.19. The van der Waals surface area contributed by atoms with Crippen LogP contribution >= 0.6 is 15.9 Å². The highest BCUT2D eigenvalue weighted by atomic mass is 79.9. The van der Waals surface area contributed by atoms with E-state index < -0.39 is 29.6 Å². The third-order valence-electron chi connectivity index (χ3n) is 2.00. The van der Waals surface area contributed by atoms with Gasteiger partial charge >= 0.3 is 6.18 Å². The molecular weight excluding hydrogens is 267 g/mol. The summed E-state index contributed by atoms with van der Waals surface area (Å²) in [5.41, 5.74) is 0. The van der Waals surface area contributed by atoms with E-state index in [0.717, 1.165) is 4.90 Å². The highest BCUT2D eigenvalue weighted by Crippen LogP contribution is 2.24. The van der Waals surface area contributed by atoms with Crippen molar-refractivity contribution in [2.45, 2.75) is 23.5 Å². The lowest BCUT2D eigenvalue weighted by molar-refractivity contribution is -0.207. The highest BCUT2D eigenvalue weighted by molar-refractivity contribution is 9.10. The largest absolute Gasteiger partial charge is 0.416 e. The predicted octanol–water partition coefficient (Wildman–Crippen LogP) is 0.905. The van der Waals surface area contributed by atoms with Crippen molar-refractivity contribution in [1.29, 1.82) is 0 Å². The van der Waals surface area contributed by atoms with Gasteiger partial charge in [-0.15, -0.1) is 0 Å². The summed E-state index contributed by atoms with van der Waals surface area (Å²) in [6, 6.07) is 0. The third-order valence-corrected chi connectivity index (χ3v) is 2.85. The summed E-state index contributed by atoms with van der Waals surface area (Å²) < 4.78 is 35.8. The quantitative estimate of drug-likeness (QED) is 0.761. The second-order valence-corrected chi connectivity index (χ2v) is 4.20. The molecular formula is C7H9BrF3NO2. The summed E-state index contributed by atoms with van der Waals surface area (Å²) in [6.07, 6.45) is -6.64. The lowest BCUT2D eigenvalue weighted by Crippen LogP contribution is -2.42. The van der Waals surface area contributed by atoms with Gasteiger partial charge in [-0.25, -0.2) is 0 Å². The zero-order chi connectivity index (χ0) is 10.9. The van der Waals surface area contributed by atoms with Crippen LogP contribution in [0.25, 0.3) is 0 Å². The van der Waals surface area contributed by atoms with E-state index in [0.29, 0.717) is 6.42 Å². The molecule has 2 atom stereocenters. The van der Waals surface area contributed by atoms with Gasteiger partial charge in [0.2, 0.25) is 5.91 Å². The van der Waals surface area contributed by atoms with E-state index in [1.807, 2.05) is 0 Å². The SMILES string of the molecule is O=C1C(Br)CCN1CC(O)C(F)(F)F. The summed E-state index contributed by atoms with van der Waals surface area (Å²) in [6.45, 7) is -0.424. The van der Waals surface area contributed by atoms with Crippen LogP contribution in [0.4, 0.5) is 13.2 Å². The predicted molar refractivity (Wildman–Crippen MR) is 46.0 cm³/mol. The molecule has 1 aliphatic heterocycles. The number of carbonyl (C=O) groups excluding carboxylic acids is 1. The van der Waals surface area contributed by atoms with Crippen molar-refractivity contribution in [3.05, 3.63) is 0 Å². The van der Waals surface area contributed by atoms with Crippen molar-refractivity contribution in [2.24, 2.45) is 0 Å². The van der Waals surface area contributed by atoms with Crippen LogP contribution in [0.5, 0.6) is 0 Å². The van der Waals surface area contributed by atoms with E-state index in [9.17, 15) is 18.0 Å². The molecule has 0 bridgehead atoms. The summed E-state index contributed by atoms with van der Waals surface area (Å²) in [7, 11) is 0. The number of β-amino-alcohol motifs (C(OH)–C–C–N with tert-alkyl or cyclic N) is 1. The molecule has 1 rings (SSSR count). The molecule has 1 saturated heterocycles. The maximum Gasteiger partial charge on any atom is 0.416 e. The number of rotatable bonds is 2. The average molecular weight is 276 g/mol. The maximum absolute atomic E-state index is 11.9. The molecule has 0 aromatic heterocycles. The molecule has 7 heteroatoms. The summed E-state index contributed by atoms with van der Waals surface area (Å²) in [5.74, 6) is -0.395. The minimum Gasteiger partial charge on any atom is -0.382 e. The first kappa shape index (κ1) is 11.8. The van der Waals surface area contributed by atoms with Gasteiger partial charge in [0.1, 0.15) is 0 Å². The van der Waals surface area contributed by atoms with Crippen LogP contribution in [0, 0.1) is 0 Å². The first-order chi connectivity index (χ1) is 6.32. The highest BCUT2D eigenvalue weighted by Gasteiger charge is 2.41. The zero-order valence-electron chi connectivity index (χ0n) is 7.09. The number of alkyl halides is 4. The number of carbonyl (C=O) groups is 1. The lowest BCUT2D eigenvalue weighted by atomic mass is 10.3. The number of aliphatic hydroxyl groups excluding tert-OH is 1. The van der Waals surface area contributed by atoms with Crippen molar-refractivity contribution in [2.75, 3.05) is 13.1 Å². The monoisotopic (exact) mass is 275 g/mol. The first-order valence-corrected chi connectivity index (χ1v) is 4.91. The Bertz CT molecular complexity index is 233. The molecule has 0 spiro atoms. The van der Waals surface area contributed by atoms with Gasteiger partial charge < -0.3 is 10.0 Å². The van der Waals surface area contributed by atoms with E-state index in [1.165, 1.54) is 0 Å². The zero-order valence-corrected chi connectivity index (χ0v) is 8.68. The van der Waals surface area contributed by atoms with Gasteiger partial charge in [0, 0.05) is 6.54 Å². The number of amides is 1. The van der Waals surface area contributed by atoms with E-state index in [1.54, 1.807) is 0 Å². The van der Waals surface area contributed by atoms with E-state index >= 15 is 0 Å². The molecule has 1 fully saturated rings. The third kappa shape index (κ3) is 2.60. The molecule has 1 heterocycles. The van der Waals surface area contributed by atoms with Crippen LogP contribution in [0.3, 0.4) is 0 Å². The minimum atomic E-state index is -4.66. The van der Waals surface area contributed by atoms with E-state index in [-0.39, 0.29) is 6.54 Å². The van der Waals surface area contributed by atoms with Crippen LogP contribution in [-0.2, 0) is 4.79 Å². The first-order valence-electron chi connectivity index (χ1n) is 4.00. The van der Waals surface area contributed by atoms with Gasteiger partial charge in [-0.2, -0.15) is 13.2 Å². The standard InChI is InChI=1S/C7H9BrF3NO2/c8-4-1-2-12(6(4)14)3-5(13)7(9,10)11/h4-5,13H,1-3H2. The fourth-order valence-corrected chi connectivity index (χ4v) is 1.69. The van der Waals surface area contributed by atoms with Crippen molar-refractivity contribution in [3.63, 3.8) is 0 Å². The fraction of sp³-hybridized carbons (Fsp3) is 0.857. The molecule has 3 nitrogen and oxygen atoms in total. The Morgan fingerprint density at radius 1 is 1.64 bits per heavy atom. The van der Waals surface area contributed by atoms with Crippen molar-refractivity contribution >= 4 is 21.8 Å². The van der Waals surface area contributed by atoms with E-state index in [4.69, 9.17) is 5.11 Å². The number of halogens is 4. The molecule has 82 valence electrons. The molecule has 14 heavy (non-hydrogen) atoms. The molecule has 0 saturated carbocycles. The van der Waals surface area contributed by atoms with Crippen LogP contribution in [0.1, 0.15) is 6.42 Å². The normalized spacial score (nSPS) is 25.6. The van der Waals surface area contributed by atoms with Crippen LogP contribution < -0.4 is 0 Å². The van der Waals surface area contributed by atoms with Crippen molar-refractivity contribution < 1.29 is 23.1 Å². The Labute approximate surface area is 87.0 Å². The Balaban J connectivity index is 2.50. The topological polar surface area (TPSA) is 40.5 Å². The van der Waals surface area contributed by atoms with Gasteiger partial charge in [0.05, 0.1) is 11.4 Å². The second-order valence-electron chi connectivity index (χ2n) is 3.10. The van der Waals surface area contributed by atoms with E-state index in [2.05, 4.69) is 15.9 Å². The molecule has 1 aliphatic rings. The van der Waals surface area contributed by atoms with Gasteiger partial charge in [-0.05, 0) is 6.42 Å². The van der Waals surface area contributed by atoms with Crippen LogP contribution in [-0.4, -0.2) is 46.1 Å². The molecule has 0 radical (unpaired) electrons. The average Bonchev–Trinajstić information content (AvgIpc) is 2.34. The minimum absolute atomic E-state index is 0.252. The second kappa shape index (κ2) is 4.06. The number of aliphatic hydroxyl groups is 1. The Morgan fingerprint density at radius 3 is 2.57 bits per heavy atom. The van der Waals surface area contributed by atoms with Gasteiger partial charge in [-0.3, -0.25) is 4.79 Å². The molecule has 1 N–H and O–H groups in total. The number of hydrogen-bond acceptors (Lipinski definition) is 2. The molecule has 0 aromatic rings.